The number of carbonyl (C=O) groups excluding carboxylic acids is 1. The third-order valence-corrected chi connectivity index (χ3v) is 4.07. The Kier molecular flexibility index (Phi) is 5.66. The fourth-order valence-corrected chi connectivity index (χ4v) is 2.79. The number of aromatic carboxylic acids is 1. The van der Waals surface area contributed by atoms with E-state index < -0.39 is 5.97 Å². The molecule has 2 aromatic carbocycles. The van der Waals surface area contributed by atoms with Crippen LogP contribution in [-0.2, 0) is 9.53 Å². The number of carboxylic acids is 1. The van der Waals surface area contributed by atoms with Crippen LogP contribution in [0.4, 0.5) is 11.4 Å². The molecule has 1 fully saturated rings. The van der Waals surface area contributed by atoms with Gasteiger partial charge in [0.1, 0.15) is 0 Å². The molecule has 0 saturated carbocycles. The van der Waals surface area contributed by atoms with Gasteiger partial charge in [-0.25, -0.2) is 4.79 Å². The van der Waals surface area contributed by atoms with E-state index in [1.54, 1.807) is 18.2 Å². The molecule has 0 aliphatic carbocycles. The van der Waals surface area contributed by atoms with Gasteiger partial charge in [-0.2, -0.15) is 0 Å². The minimum absolute atomic E-state index is 0.164. The van der Waals surface area contributed by atoms with Crippen LogP contribution in [-0.4, -0.2) is 43.3 Å². The van der Waals surface area contributed by atoms with Crippen molar-refractivity contribution in [1.29, 1.82) is 0 Å². The van der Waals surface area contributed by atoms with Crippen LogP contribution < -0.4 is 10.2 Å². The van der Waals surface area contributed by atoms with Crippen molar-refractivity contribution in [1.82, 2.24) is 0 Å². The molecule has 1 saturated heterocycles. The van der Waals surface area contributed by atoms with Crippen LogP contribution in [0.2, 0.25) is 0 Å². The average Bonchev–Trinajstić information content (AvgIpc) is 2.68. The molecule has 1 aliphatic rings. The van der Waals surface area contributed by atoms with E-state index in [-0.39, 0.29) is 11.5 Å². The number of anilines is 2. The van der Waals surface area contributed by atoms with Crippen molar-refractivity contribution in [2.24, 2.45) is 0 Å². The summed E-state index contributed by atoms with van der Waals surface area (Å²) >= 11 is 0. The molecule has 0 unspecified atom stereocenters. The van der Waals surface area contributed by atoms with Crippen LogP contribution in [0.15, 0.2) is 54.6 Å². The molecule has 134 valence electrons. The van der Waals surface area contributed by atoms with Crippen molar-refractivity contribution >= 4 is 29.3 Å². The van der Waals surface area contributed by atoms with E-state index in [1.807, 2.05) is 35.2 Å². The number of benzene rings is 2. The molecular formula is C20H20N2O4. The van der Waals surface area contributed by atoms with E-state index in [0.717, 1.165) is 5.56 Å². The largest absolute Gasteiger partial charge is 0.478 e. The van der Waals surface area contributed by atoms with Gasteiger partial charge >= 0.3 is 5.97 Å². The monoisotopic (exact) mass is 352 g/mol. The van der Waals surface area contributed by atoms with Gasteiger partial charge in [-0.1, -0.05) is 30.3 Å². The minimum atomic E-state index is -1.03. The number of nitrogens with zero attached hydrogens (tertiary/aromatic N) is 1. The number of ether oxygens (including phenoxy) is 1. The Morgan fingerprint density at radius 2 is 1.81 bits per heavy atom. The van der Waals surface area contributed by atoms with Crippen LogP contribution in [0, 0.1) is 0 Å². The number of carbonyl (C=O) groups is 2. The number of hydrogen-bond donors (Lipinski definition) is 2. The van der Waals surface area contributed by atoms with Crippen LogP contribution in [0.5, 0.6) is 0 Å². The van der Waals surface area contributed by atoms with Gasteiger partial charge in [0.2, 0.25) is 5.91 Å². The molecule has 3 rings (SSSR count). The summed E-state index contributed by atoms with van der Waals surface area (Å²) in [4.78, 5) is 25.7. The van der Waals surface area contributed by atoms with E-state index in [9.17, 15) is 14.7 Å². The second-order valence-electron chi connectivity index (χ2n) is 5.87. The number of rotatable bonds is 5. The number of carboxylic acid groups (broad SMARTS) is 1. The maximum absolute atomic E-state index is 12.1. The van der Waals surface area contributed by atoms with Crippen molar-refractivity contribution < 1.29 is 19.4 Å². The summed E-state index contributed by atoms with van der Waals surface area (Å²) in [6.07, 6.45) is 3.13. The van der Waals surface area contributed by atoms with Gasteiger partial charge in [-0.15, -0.1) is 0 Å². The third kappa shape index (κ3) is 4.49. The first-order valence-electron chi connectivity index (χ1n) is 8.37. The summed E-state index contributed by atoms with van der Waals surface area (Å²) in [5.74, 6) is -1.34. The van der Waals surface area contributed by atoms with Crippen LogP contribution in [0.3, 0.4) is 0 Å². The molecule has 0 radical (unpaired) electrons. The first kappa shape index (κ1) is 17.7. The standard InChI is InChI=1S/C20H20N2O4/c23-19(9-6-15-4-2-1-3-5-15)21-16-7-8-18(17(14-16)20(24)25)22-10-12-26-13-11-22/h1-9,14H,10-13H2,(H,21,23)(H,24,25)/b9-6+. The van der Waals surface area contributed by atoms with Crippen LogP contribution >= 0.6 is 0 Å². The maximum atomic E-state index is 12.1. The zero-order valence-corrected chi connectivity index (χ0v) is 14.2. The smallest absolute Gasteiger partial charge is 0.337 e. The summed E-state index contributed by atoms with van der Waals surface area (Å²) < 4.78 is 5.31. The number of nitrogens with one attached hydrogen (secondary N) is 1. The molecule has 0 spiro atoms. The lowest BCUT2D eigenvalue weighted by Crippen LogP contribution is -2.37. The Morgan fingerprint density at radius 3 is 2.50 bits per heavy atom. The maximum Gasteiger partial charge on any atom is 0.337 e. The normalized spacial score (nSPS) is 14.4. The predicted molar refractivity (Wildman–Crippen MR) is 101 cm³/mol. The molecule has 1 aliphatic heterocycles. The van der Waals surface area contributed by atoms with E-state index in [4.69, 9.17) is 4.74 Å². The van der Waals surface area contributed by atoms with Crippen molar-refractivity contribution in [3.8, 4) is 0 Å². The highest BCUT2D eigenvalue weighted by atomic mass is 16.5. The molecule has 6 heteroatoms. The van der Waals surface area contributed by atoms with Gasteiger partial charge in [-0.05, 0) is 29.8 Å². The quantitative estimate of drug-likeness (QED) is 0.809. The third-order valence-electron chi connectivity index (χ3n) is 4.07. The zero-order chi connectivity index (χ0) is 18.4. The molecule has 2 aromatic rings. The fraction of sp³-hybridized carbons (Fsp3) is 0.200. The Morgan fingerprint density at radius 1 is 1.08 bits per heavy atom. The molecule has 26 heavy (non-hydrogen) atoms. The second-order valence-corrected chi connectivity index (χ2v) is 5.87. The topological polar surface area (TPSA) is 78.9 Å². The lowest BCUT2D eigenvalue weighted by molar-refractivity contribution is -0.111. The highest BCUT2D eigenvalue weighted by Crippen LogP contribution is 2.25. The van der Waals surface area contributed by atoms with Gasteiger partial charge < -0.3 is 20.1 Å². The first-order chi connectivity index (χ1) is 12.6. The highest BCUT2D eigenvalue weighted by molar-refractivity contribution is 6.03. The Labute approximate surface area is 151 Å². The average molecular weight is 352 g/mol. The molecule has 0 bridgehead atoms. The van der Waals surface area contributed by atoms with E-state index in [2.05, 4.69) is 5.32 Å². The number of amides is 1. The molecule has 0 atom stereocenters. The lowest BCUT2D eigenvalue weighted by atomic mass is 10.1. The zero-order valence-electron chi connectivity index (χ0n) is 14.2. The van der Waals surface area contributed by atoms with Gasteiger partial charge in [0.15, 0.2) is 0 Å². The summed E-state index contributed by atoms with van der Waals surface area (Å²) in [6, 6.07) is 14.4. The van der Waals surface area contributed by atoms with Crippen LogP contribution in [0.25, 0.3) is 6.08 Å². The summed E-state index contributed by atoms with van der Waals surface area (Å²) in [6.45, 7) is 2.43. The fourth-order valence-electron chi connectivity index (χ4n) is 2.79. The van der Waals surface area contributed by atoms with Crippen molar-refractivity contribution in [2.75, 3.05) is 36.5 Å². The Hall–Kier alpha value is -3.12. The van der Waals surface area contributed by atoms with Gasteiger partial charge in [0.25, 0.3) is 0 Å². The van der Waals surface area contributed by atoms with E-state index >= 15 is 0 Å². The van der Waals surface area contributed by atoms with Crippen molar-refractivity contribution in [3.63, 3.8) is 0 Å². The Bertz CT molecular complexity index is 812. The molecule has 1 amide bonds. The molecule has 1 heterocycles. The van der Waals surface area contributed by atoms with E-state index in [0.29, 0.717) is 37.7 Å². The predicted octanol–water partition coefficient (Wildman–Crippen LogP) is 2.87. The van der Waals surface area contributed by atoms with Gasteiger partial charge in [0.05, 0.1) is 24.5 Å². The second kappa shape index (κ2) is 8.31. The molecular weight excluding hydrogens is 332 g/mol. The molecule has 0 aromatic heterocycles. The summed E-state index contributed by atoms with van der Waals surface area (Å²) in [5.41, 5.74) is 2.16. The number of morpholine rings is 1. The SMILES string of the molecule is O=C(/C=C/c1ccccc1)Nc1ccc(N2CCOCC2)c(C(=O)O)c1. The first-order valence-corrected chi connectivity index (χ1v) is 8.37. The summed E-state index contributed by atoms with van der Waals surface area (Å²) in [7, 11) is 0. The Balaban J connectivity index is 1.73. The number of hydrogen-bond acceptors (Lipinski definition) is 4. The van der Waals surface area contributed by atoms with Gasteiger partial charge in [0, 0.05) is 24.9 Å². The molecule has 6 nitrogen and oxygen atoms in total. The van der Waals surface area contributed by atoms with E-state index in [1.165, 1.54) is 12.1 Å². The minimum Gasteiger partial charge on any atom is -0.478 e. The van der Waals surface area contributed by atoms with Gasteiger partial charge in [-0.3, -0.25) is 4.79 Å². The van der Waals surface area contributed by atoms with Crippen LogP contribution in [0.1, 0.15) is 15.9 Å². The van der Waals surface area contributed by atoms with Crippen molar-refractivity contribution in [2.45, 2.75) is 0 Å². The van der Waals surface area contributed by atoms with Crippen molar-refractivity contribution in [3.05, 3.63) is 65.7 Å². The lowest BCUT2D eigenvalue weighted by Gasteiger charge is -2.30. The summed E-state index contributed by atoms with van der Waals surface area (Å²) in [5, 5.41) is 12.2. The highest BCUT2D eigenvalue weighted by Gasteiger charge is 2.19. The molecule has 2 N–H and O–H groups in total.